The minimum absolute atomic E-state index is 0.0241. The maximum Gasteiger partial charge on any atom is 0.309 e. The first-order chi connectivity index (χ1) is 10.8. The molecule has 0 aliphatic heterocycles. The lowest BCUT2D eigenvalue weighted by Gasteiger charge is -2.16. The van der Waals surface area contributed by atoms with Crippen molar-refractivity contribution in [1.82, 2.24) is 5.32 Å². The molecule has 0 heterocycles. The van der Waals surface area contributed by atoms with Crippen LogP contribution in [0.1, 0.15) is 30.6 Å². The second-order valence-corrected chi connectivity index (χ2v) is 6.07. The van der Waals surface area contributed by atoms with Crippen molar-refractivity contribution in [3.05, 3.63) is 47.0 Å². The van der Waals surface area contributed by atoms with E-state index in [0.717, 1.165) is 4.47 Å². The van der Waals surface area contributed by atoms with Crippen LogP contribution in [0.25, 0.3) is 0 Å². The van der Waals surface area contributed by atoms with Gasteiger partial charge < -0.3 is 10.1 Å². The molecule has 124 valence electrons. The number of hydrogen-bond donors (Lipinski definition) is 1. The van der Waals surface area contributed by atoms with E-state index in [2.05, 4.69) is 27.8 Å². The summed E-state index contributed by atoms with van der Waals surface area (Å²) in [7, 11) is 0. The minimum Gasteiger partial charge on any atom is -0.452 e. The second-order valence-electron chi connectivity index (χ2n) is 5.15. The summed E-state index contributed by atoms with van der Waals surface area (Å²) >= 11 is 3.30. The normalized spacial score (nSPS) is 12.8. The van der Waals surface area contributed by atoms with Crippen LogP contribution < -0.4 is 5.32 Å². The van der Waals surface area contributed by atoms with Gasteiger partial charge in [-0.05, 0) is 19.1 Å². The third-order valence-electron chi connectivity index (χ3n) is 3.12. The van der Waals surface area contributed by atoms with Crippen LogP contribution in [0.3, 0.4) is 0 Å². The Hall–Kier alpha value is -1.95. The molecule has 6 heteroatoms. The number of Topliss-reactive ketones (excluding diaryl/α,β-unsaturated/α-hetero) is 1. The molecule has 2 atom stereocenters. The molecule has 0 aromatic heterocycles. The molecule has 0 radical (unpaired) electrons. The Morgan fingerprint density at radius 1 is 1.35 bits per heavy atom. The first-order valence-electron chi connectivity index (χ1n) is 7.23. The van der Waals surface area contributed by atoms with E-state index in [4.69, 9.17) is 4.74 Å². The van der Waals surface area contributed by atoms with Gasteiger partial charge in [0.05, 0.1) is 5.92 Å². The Morgan fingerprint density at radius 3 is 2.65 bits per heavy atom. The highest BCUT2D eigenvalue weighted by molar-refractivity contribution is 9.10. The average Bonchev–Trinajstić information content (AvgIpc) is 2.52. The molecule has 1 aromatic rings. The van der Waals surface area contributed by atoms with Gasteiger partial charge in [0, 0.05) is 23.0 Å². The van der Waals surface area contributed by atoms with E-state index in [1.807, 2.05) is 6.07 Å². The quantitative estimate of drug-likeness (QED) is 0.426. The van der Waals surface area contributed by atoms with Gasteiger partial charge >= 0.3 is 5.97 Å². The van der Waals surface area contributed by atoms with Crippen LogP contribution >= 0.6 is 15.9 Å². The topological polar surface area (TPSA) is 72.5 Å². The molecule has 0 aliphatic rings. The number of amides is 1. The van der Waals surface area contributed by atoms with Crippen molar-refractivity contribution < 1.29 is 19.1 Å². The Balaban J connectivity index is 2.55. The van der Waals surface area contributed by atoms with Crippen molar-refractivity contribution in [1.29, 1.82) is 0 Å². The zero-order valence-electron chi connectivity index (χ0n) is 13.2. The summed E-state index contributed by atoms with van der Waals surface area (Å²) in [5.41, 5.74) is 0.524. The van der Waals surface area contributed by atoms with Crippen molar-refractivity contribution in [2.24, 2.45) is 5.92 Å². The molecule has 5 nitrogen and oxygen atoms in total. The number of ether oxygens (including phenoxy) is 1. The predicted octanol–water partition coefficient (Wildman–Crippen LogP) is 2.89. The van der Waals surface area contributed by atoms with Crippen LogP contribution in [0.15, 0.2) is 41.4 Å². The lowest BCUT2D eigenvalue weighted by molar-refractivity contribution is -0.158. The highest BCUT2D eigenvalue weighted by Crippen LogP contribution is 2.16. The molecule has 23 heavy (non-hydrogen) atoms. The molecule has 0 bridgehead atoms. The molecule has 1 N–H and O–H groups in total. The Morgan fingerprint density at radius 2 is 2.04 bits per heavy atom. The molecule has 0 unspecified atom stereocenters. The first-order valence-corrected chi connectivity index (χ1v) is 8.02. The SMILES string of the molecule is C=CCNC(=O)[C@@H](C)OC(=O)[C@H](C)CC(=O)c1cccc(Br)c1. The fourth-order valence-corrected chi connectivity index (χ4v) is 2.20. The summed E-state index contributed by atoms with van der Waals surface area (Å²) in [6.07, 6.45) is 0.646. The van der Waals surface area contributed by atoms with E-state index in [1.165, 1.54) is 13.0 Å². The zero-order chi connectivity index (χ0) is 17.4. The molecular formula is C17H20BrNO4. The largest absolute Gasteiger partial charge is 0.452 e. The molecule has 0 aliphatic carbocycles. The van der Waals surface area contributed by atoms with E-state index in [9.17, 15) is 14.4 Å². The van der Waals surface area contributed by atoms with Gasteiger partial charge in [-0.2, -0.15) is 0 Å². The maximum absolute atomic E-state index is 12.2. The molecule has 1 rings (SSSR count). The highest BCUT2D eigenvalue weighted by atomic mass is 79.9. The Labute approximate surface area is 144 Å². The number of halogens is 1. The van der Waals surface area contributed by atoms with Gasteiger partial charge in [-0.1, -0.05) is 41.1 Å². The number of ketones is 1. The van der Waals surface area contributed by atoms with Crippen molar-refractivity contribution in [2.45, 2.75) is 26.4 Å². The van der Waals surface area contributed by atoms with Crippen LogP contribution in [-0.4, -0.2) is 30.3 Å². The van der Waals surface area contributed by atoms with Crippen molar-refractivity contribution >= 4 is 33.6 Å². The van der Waals surface area contributed by atoms with Crippen LogP contribution in [-0.2, 0) is 14.3 Å². The average molecular weight is 382 g/mol. The fourth-order valence-electron chi connectivity index (χ4n) is 1.80. The van der Waals surface area contributed by atoms with Gasteiger partial charge in [0.2, 0.25) is 0 Å². The van der Waals surface area contributed by atoms with Crippen LogP contribution in [0.5, 0.6) is 0 Å². The lowest BCUT2D eigenvalue weighted by atomic mass is 10.00. The third kappa shape index (κ3) is 6.36. The van der Waals surface area contributed by atoms with Crippen molar-refractivity contribution in [3.63, 3.8) is 0 Å². The predicted molar refractivity (Wildman–Crippen MR) is 91.0 cm³/mol. The Bertz CT molecular complexity index is 600. The minimum atomic E-state index is -0.911. The summed E-state index contributed by atoms with van der Waals surface area (Å²) in [6.45, 7) is 6.88. The standard InChI is InChI=1S/C17H20BrNO4/c1-4-8-19-16(21)12(3)23-17(22)11(2)9-15(20)13-6-5-7-14(18)10-13/h4-7,10-12H,1,8-9H2,2-3H3,(H,19,21)/t11-,12-/m1/s1. The fraction of sp³-hybridized carbons (Fsp3) is 0.353. The maximum atomic E-state index is 12.2. The molecule has 0 spiro atoms. The first kappa shape index (κ1) is 19.1. The van der Waals surface area contributed by atoms with E-state index in [0.29, 0.717) is 12.1 Å². The number of rotatable bonds is 8. The summed E-state index contributed by atoms with van der Waals surface area (Å²) in [5, 5.41) is 2.54. The molecule has 1 amide bonds. The molecule has 0 saturated carbocycles. The zero-order valence-corrected chi connectivity index (χ0v) is 14.8. The number of esters is 1. The number of carbonyl (C=O) groups excluding carboxylic acids is 3. The van der Waals surface area contributed by atoms with Crippen LogP contribution in [0.2, 0.25) is 0 Å². The summed E-state index contributed by atoms with van der Waals surface area (Å²) in [6, 6.07) is 6.96. The molecule has 0 fully saturated rings. The van der Waals surface area contributed by atoms with Gasteiger partial charge in [0.15, 0.2) is 11.9 Å². The number of hydrogen-bond acceptors (Lipinski definition) is 4. The number of nitrogens with one attached hydrogen (secondary N) is 1. The van der Waals surface area contributed by atoms with E-state index < -0.39 is 23.9 Å². The lowest BCUT2D eigenvalue weighted by Crippen LogP contribution is -2.37. The monoisotopic (exact) mass is 381 g/mol. The van der Waals surface area contributed by atoms with Crippen LogP contribution in [0, 0.1) is 5.92 Å². The van der Waals surface area contributed by atoms with Gasteiger partial charge in [-0.3, -0.25) is 14.4 Å². The van der Waals surface area contributed by atoms with Gasteiger partial charge in [-0.25, -0.2) is 0 Å². The highest BCUT2D eigenvalue weighted by Gasteiger charge is 2.24. The number of benzene rings is 1. The van der Waals surface area contributed by atoms with E-state index >= 15 is 0 Å². The van der Waals surface area contributed by atoms with Crippen molar-refractivity contribution in [2.75, 3.05) is 6.54 Å². The van der Waals surface area contributed by atoms with Gasteiger partial charge in [-0.15, -0.1) is 6.58 Å². The summed E-state index contributed by atoms with van der Waals surface area (Å²) in [4.78, 5) is 35.8. The van der Waals surface area contributed by atoms with Gasteiger partial charge in [0.1, 0.15) is 0 Å². The second kappa shape index (κ2) is 9.25. The Kier molecular flexibility index (Phi) is 7.68. The third-order valence-corrected chi connectivity index (χ3v) is 3.62. The van der Waals surface area contributed by atoms with E-state index in [1.54, 1.807) is 25.1 Å². The van der Waals surface area contributed by atoms with E-state index in [-0.39, 0.29) is 12.2 Å². The summed E-state index contributed by atoms with van der Waals surface area (Å²) < 4.78 is 5.88. The molecule has 0 saturated heterocycles. The summed E-state index contributed by atoms with van der Waals surface area (Å²) in [5.74, 6) is -1.76. The van der Waals surface area contributed by atoms with Crippen molar-refractivity contribution in [3.8, 4) is 0 Å². The smallest absolute Gasteiger partial charge is 0.309 e. The molecular weight excluding hydrogens is 362 g/mol. The van der Waals surface area contributed by atoms with Crippen LogP contribution in [0.4, 0.5) is 0 Å². The number of carbonyl (C=O) groups is 3. The van der Waals surface area contributed by atoms with Gasteiger partial charge in [0.25, 0.3) is 5.91 Å². The molecule has 1 aromatic carbocycles.